The number of nitrogens with two attached hydrogens (primary N) is 1. The van der Waals surface area contributed by atoms with Gasteiger partial charge in [0, 0.05) is 16.9 Å². The van der Waals surface area contributed by atoms with Crippen molar-refractivity contribution in [3.8, 4) is 0 Å². The van der Waals surface area contributed by atoms with E-state index >= 15 is 0 Å². The molecule has 1 aromatic heterocycles. The number of rotatable bonds is 8. The van der Waals surface area contributed by atoms with Gasteiger partial charge in [-0.15, -0.1) is 11.3 Å². The summed E-state index contributed by atoms with van der Waals surface area (Å²) >= 11 is 1.26. The lowest BCUT2D eigenvalue weighted by atomic mass is 10.0. The standard InChI is InChI=1S/C34H32N4O6S.C9H11NO2/c1-20-11-14-27-28(16-20)38(19-29(39)24-9-6-5-8-21(24)2)31(40)26(18-37(27)32(41)30-10-7-15-45-30)36-34(43)35-23-13-12-22(3)25(17-23)33(42)44-4;1-5-3-7(10)4-8(6(5)2)9(11)12/h5-17,26H,18-19H2,1-4H3,(H2,35,36,43);3-4H,10H2,1-2H3,(H,11,12). The molecule has 0 fully saturated rings. The van der Waals surface area contributed by atoms with E-state index in [9.17, 15) is 28.8 Å². The van der Waals surface area contributed by atoms with E-state index in [2.05, 4.69) is 10.6 Å². The van der Waals surface area contributed by atoms with E-state index in [0.29, 0.717) is 38.8 Å². The minimum Gasteiger partial charge on any atom is -0.478 e. The Labute approximate surface area is 334 Å². The third-order valence-electron chi connectivity index (χ3n) is 9.49. The summed E-state index contributed by atoms with van der Waals surface area (Å²) in [5.74, 6) is -2.67. The normalized spacial score (nSPS) is 13.4. The van der Waals surface area contributed by atoms with Crippen molar-refractivity contribution in [2.45, 2.75) is 40.7 Å². The minimum absolute atomic E-state index is 0.185. The third-order valence-corrected chi connectivity index (χ3v) is 10.4. The predicted molar refractivity (Wildman–Crippen MR) is 221 cm³/mol. The van der Waals surface area contributed by atoms with Crippen LogP contribution in [0.15, 0.2) is 90.3 Å². The van der Waals surface area contributed by atoms with Crippen LogP contribution in [0.2, 0.25) is 0 Å². The first kappa shape index (κ1) is 41.4. The maximum Gasteiger partial charge on any atom is 0.338 e. The molecule has 1 aliphatic rings. The van der Waals surface area contributed by atoms with Crippen LogP contribution in [0.3, 0.4) is 0 Å². The van der Waals surface area contributed by atoms with Gasteiger partial charge in [0.25, 0.3) is 11.8 Å². The number of methoxy groups -OCH3 is 1. The number of ketones is 1. The van der Waals surface area contributed by atoms with Gasteiger partial charge >= 0.3 is 18.0 Å². The Bertz CT molecular complexity index is 2380. The summed E-state index contributed by atoms with van der Waals surface area (Å²) in [7, 11) is 1.27. The summed E-state index contributed by atoms with van der Waals surface area (Å²) in [5, 5.41) is 15.9. The van der Waals surface area contributed by atoms with Crippen LogP contribution in [0, 0.1) is 34.6 Å². The predicted octanol–water partition coefficient (Wildman–Crippen LogP) is 7.11. The summed E-state index contributed by atoms with van der Waals surface area (Å²) in [6.07, 6.45) is 0. The van der Waals surface area contributed by atoms with Crippen LogP contribution in [0.4, 0.5) is 27.5 Å². The number of nitrogens with one attached hydrogen (secondary N) is 2. The fourth-order valence-electron chi connectivity index (χ4n) is 6.32. The molecule has 57 heavy (non-hydrogen) atoms. The number of carbonyl (C=O) groups is 6. The number of ether oxygens (including phenoxy) is 1. The van der Waals surface area contributed by atoms with Crippen LogP contribution in [0.5, 0.6) is 0 Å². The van der Waals surface area contributed by atoms with Crippen LogP contribution >= 0.6 is 11.3 Å². The van der Waals surface area contributed by atoms with E-state index in [1.165, 1.54) is 40.4 Å². The third kappa shape index (κ3) is 9.54. The lowest BCUT2D eigenvalue weighted by Crippen LogP contribution is -2.54. The van der Waals surface area contributed by atoms with Crippen molar-refractivity contribution in [2.75, 3.05) is 41.0 Å². The molecular weight excluding hydrogens is 747 g/mol. The zero-order valence-electron chi connectivity index (χ0n) is 32.3. The molecule has 4 amide bonds. The maximum absolute atomic E-state index is 14.3. The number of aromatic carboxylic acids is 1. The first-order valence-corrected chi connectivity index (χ1v) is 18.7. The molecular formula is C43H43N5O8S. The van der Waals surface area contributed by atoms with Gasteiger partial charge in [0.15, 0.2) is 5.78 Å². The molecule has 0 bridgehead atoms. The van der Waals surface area contributed by atoms with Gasteiger partial charge < -0.3 is 36.0 Å². The molecule has 2 heterocycles. The number of hydrogen-bond acceptors (Lipinski definition) is 9. The number of aryl methyl sites for hydroxylation is 4. The SMILES string of the molecule is COC(=O)c1cc(NC(=O)NC2CN(C(=O)c3cccs3)c3ccc(C)cc3N(CC(=O)c3ccccc3C)C2=O)ccc1C.Cc1cc(N)cc(C(=O)O)c1C. The highest BCUT2D eigenvalue weighted by atomic mass is 32.1. The number of thiophene rings is 1. The van der Waals surface area contributed by atoms with Gasteiger partial charge in [0.2, 0.25) is 0 Å². The summed E-state index contributed by atoms with van der Waals surface area (Å²) in [6.45, 7) is 8.55. The lowest BCUT2D eigenvalue weighted by Gasteiger charge is -2.25. The number of esters is 1. The molecule has 0 spiro atoms. The van der Waals surface area contributed by atoms with Crippen LogP contribution in [0.25, 0.3) is 0 Å². The van der Waals surface area contributed by atoms with Crippen molar-refractivity contribution in [1.29, 1.82) is 0 Å². The van der Waals surface area contributed by atoms with E-state index in [-0.39, 0.29) is 35.9 Å². The summed E-state index contributed by atoms with van der Waals surface area (Å²) in [5.41, 5.74) is 12.1. The van der Waals surface area contributed by atoms with E-state index in [1.54, 1.807) is 73.8 Å². The Morgan fingerprint density at radius 3 is 2.21 bits per heavy atom. The molecule has 0 radical (unpaired) electrons. The lowest BCUT2D eigenvalue weighted by molar-refractivity contribution is -0.120. The van der Waals surface area contributed by atoms with E-state index in [1.807, 2.05) is 39.0 Å². The Hall–Kier alpha value is -6.80. The van der Waals surface area contributed by atoms with Gasteiger partial charge in [-0.05, 0) is 110 Å². The molecule has 1 unspecified atom stereocenters. The fraction of sp³-hybridized carbons (Fsp3) is 0.209. The number of benzene rings is 4. The summed E-state index contributed by atoms with van der Waals surface area (Å²) in [6, 6.07) is 22.0. The Morgan fingerprint density at radius 1 is 0.825 bits per heavy atom. The number of carboxylic acids is 1. The molecule has 13 nitrogen and oxygen atoms in total. The molecule has 1 atom stereocenters. The molecule has 0 saturated carbocycles. The number of nitrogens with zero attached hydrogens (tertiary/aromatic N) is 2. The fourth-order valence-corrected chi connectivity index (χ4v) is 6.99. The van der Waals surface area contributed by atoms with Crippen molar-refractivity contribution >= 4 is 69.7 Å². The second-order valence-corrected chi connectivity index (χ2v) is 14.5. The van der Waals surface area contributed by atoms with Gasteiger partial charge in [-0.25, -0.2) is 14.4 Å². The maximum atomic E-state index is 14.3. The average molecular weight is 790 g/mol. The minimum atomic E-state index is -1.23. The quantitative estimate of drug-likeness (QED) is 0.0722. The van der Waals surface area contributed by atoms with E-state index < -0.39 is 29.9 Å². The molecule has 4 aromatic carbocycles. The summed E-state index contributed by atoms with van der Waals surface area (Å²) < 4.78 is 4.83. The highest BCUT2D eigenvalue weighted by Gasteiger charge is 2.38. The summed E-state index contributed by atoms with van der Waals surface area (Å²) in [4.78, 5) is 81.1. The van der Waals surface area contributed by atoms with Crippen molar-refractivity contribution in [1.82, 2.24) is 5.32 Å². The molecule has 14 heteroatoms. The highest BCUT2D eigenvalue weighted by Crippen LogP contribution is 2.36. The number of Topliss-reactive ketones (excluding diaryl/α,β-unsaturated/α-hetero) is 1. The number of nitrogen functional groups attached to an aromatic ring is 1. The monoisotopic (exact) mass is 789 g/mol. The Balaban J connectivity index is 0.000000442. The van der Waals surface area contributed by atoms with Crippen molar-refractivity contribution in [3.05, 3.63) is 140 Å². The average Bonchev–Trinajstić information content (AvgIpc) is 3.70. The number of amides is 4. The van der Waals surface area contributed by atoms with Crippen LogP contribution in [0.1, 0.15) is 68.6 Å². The van der Waals surface area contributed by atoms with Gasteiger partial charge in [-0.2, -0.15) is 0 Å². The molecule has 6 rings (SSSR count). The number of anilines is 4. The highest BCUT2D eigenvalue weighted by molar-refractivity contribution is 7.12. The molecule has 1 aliphatic heterocycles. The zero-order valence-corrected chi connectivity index (χ0v) is 33.2. The second kappa shape index (κ2) is 17.8. The number of urea groups is 1. The molecule has 5 N–H and O–H groups in total. The van der Waals surface area contributed by atoms with Crippen molar-refractivity contribution in [3.63, 3.8) is 0 Å². The first-order valence-electron chi connectivity index (χ1n) is 17.8. The van der Waals surface area contributed by atoms with E-state index in [0.717, 1.165) is 22.3 Å². The molecule has 0 saturated heterocycles. The molecule has 0 aliphatic carbocycles. The molecule has 5 aromatic rings. The number of carbonyl (C=O) groups excluding carboxylic acids is 5. The van der Waals surface area contributed by atoms with Gasteiger partial charge in [0.05, 0.1) is 47.6 Å². The number of fused-ring (bicyclic) bond motifs is 1. The Kier molecular flexibility index (Phi) is 12.9. The Morgan fingerprint density at radius 2 is 1.54 bits per heavy atom. The van der Waals surface area contributed by atoms with Crippen molar-refractivity contribution < 1.29 is 38.6 Å². The largest absolute Gasteiger partial charge is 0.478 e. The first-order chi connectivity index (χ1) is 27.1. The van der Waals surface area contributed by atoms with E-state index in [4.69, 9.17) is 15.6 Å². The van der Waals surface area contributed by atoms with Crippen LogP contribution in [-0.2, 0) is 9.53 Å². The number of hydrogen-bond donors (Lipinski definition) is 4. The van der Waals surface area contributed by atoms with Crippen molar-refractivity contribution in [2.24, 2.45) is 0 Å². The topological polar surface area (TPSA) is 188 Å². The zero-order chi connectivity index (χ0) is 41.6. The number of carboxylic acid groups (broad SMARTS) is 1. The second-order valence-electron chi connectivity index (χ2n) is 13.5. The smallest absolute Gasteiger partial charge is 0.338 e. The van der Waals surface area contributed by atoms with Gasteiger partial charge in [-0.1, -0.05) is 42.5 Å². The van der Waals surface area contributed by atoms with Crippen LogP contribution < -0.4 is 26.2 Å². The van der Waals surface area contributed by atoms with Gasteiger partial charge in [0.1, 0.15) is 6.04 Å². The molecule has 294 valence electrons. The van der Waals surface area contributed by atoms with Gasteiger partial charge in [-0.3, -0.25) is 14.4 Å². The van der Waals surface area contributed by atoms with Crippen LogP contribution in [-0.4, -0.2) is 66.9 Å².